The minimum Gasteiger partial charge on any atom is -0.493 e. The van der Waals surface area contributed by atoms with E-state index in [9.17, 15) is 4.57 Å². The summed E-state index contributed by atoms with van der Waals surface area (Å²) < 4.78 is 26.3. The first-order valence-electron chi connectivity index (χ1n) is 9.52. The Bertz CT molecular complexity index is 543. The topological polar surface area (TPSA) is 85.2 Å². The number of hydrogen-bond acceptors (Lipinski definition) is 4. The van der Waals surface area contributed by atoms with Crippen molar-refractivity contribution >= 4 is 7.82 Å². The summed E-state index contributed by atoms with van der Waals surface area (Å²) in [5.41, 5.74) is 0. The molecule has 0 unspecified atom stereocenters. The van der Waals surface area contributed by atoms with E-state index >= 15 is 0 Å². The maximum absolute atomic E-state index is 10.9. The van der Waals surface area contributed by atoms with E-state index in [-0.39, 0.29) is 11.5 Å². The van der Waals surface area contributed by atoms with E-state index in [0.717, 1.165) is 12.8 Å². The third-order valence-corrected chi connectivity index (χ3v) is 4.55. The molecule has 6 nitrogen and oxygen atoms in total. The van der Waals surface area contributed by atoms with E-state index in [2.05, 4.69) is 11.4 Å². The van der Waals surface area contributed by atoms with Crippen LogP contribution in [0.4, 0.5) is 0 Å². The first kappa shape index (κ1) is 22.8. The number of phosphoric acid groups is 1. The Morgan fingerprint density at radius 3 is 2.00 bits per heavy atom. The van der Waals surface area contributed by atoms with Crippen molar-refractivity contribution in [3.05, 3.63) is 18.2 Å². The Balaban J connectivity index is 2.18. The second kappa shape index (κ2) is 13.0. The molecular weight excluding hydrogens is 355 g/mol. The van der Waals surface area contributed by atoms with Crippen molar-refractivity contribution < 1.29 is 28.3 Å². The molecule has 0 spiro atoms. The van der Waals surface area contributed by atoms with Gasteiger partial charge in [0.2, 0.25) is 0 Å². The van der Waals surface area contributed by atoms with Gasteiger partial charge in [0, 0.05) is 6.07 Å². The van der Waals surface area contributed by atoms with Crippen LogP contribution in [0.15, 0.2) is 18.2 Å². The molecule has 0 saturated carbocycles. The van der Waals surface area contributed by atoms with Gasteiger partial charge in [0.15, 0.2) is 11.5 Å². The standard InChI is InChI=1S/C19H33O6P/c1-3-4-5-6-7-8-9-10-11-12-15-24-17-13-14-18(19(16-17)23-2)25-26(20,21)22/h13-14,16H,3-12,15H2,1-2H3,(H2,20,21,22). The van der Waals surface area contributed by atoms with Gasteiger partial charge in [-0.2, -0.15) is 0 Å². The Hall–Kier alpha value is -1.23. The molecule has 0 aliphatic carbocycles. The van der Waals surface area contributed by atoms with Crippen LogP contribution in [0.5, 0.6) is 17.2 Å². The van der Waals surface area contributed by atoms with Crippen LogP contribution in [0.3, 0.4) is 0 Å². The fourth-order valence-electron chi connectivity index (χ4n) is 2.72. The Labute approximate surface area is 157 Å². The van der Waals surface area contributed by atoms with Crippen LogP contribution in [-0.2, 0) is 4.57 Å². The molecule has 7 heteroatoms. The van der Waals surface area contributed by atoms with Crippen molar-refractivity contribution in [2.24, 2.45) is 0 Å². The van der Waals surface area contributed by atoms with Crippen LogP contribution in [0.2, 0.25) is 0 Å². The third-order valence-electron chi connectivity index (χ3n) is 4.12. The lowest BCUT2D eigenvalue weighted by atomic mass is 10.1. The highest BCUT2D eigenvalue weighted by molar-refractivity contribution is 7.46. The normalized spacial score (nSPS) is 11.4. The molecule has 0 aliphatic heterocycles. The van der Waals surface area contributed by atoms with Crippen molar-refractivity contribution in [3.63, 3.8) is 0 Å². The first-order valence-corrected chi connectivity index (χ1v) is 11.0. The molecule has 0 heterocycles. The van der Waals surface area contributed by atoms with Gasteiger partial charge >= 0.3 is 7.82 Å². The smallest absolute Gasteiger partial charge is 0.493 e. The summed E-state index contributed by atoms with van der Waals surface area (Å²) >= 11 is 0. The molecule has 1 aromatic carbocycles. The van der Waals surface area contributed by atoms with Crippen LogP contribution < -0.4 is 14.0 Å². The monoisotopic (exact) mass is 388 g/mol. The summed E-state index contributed by atoms with van der Waals surface area (Å²) in [6.07, 6.45) is 12.7. The molecule has 1 rings (SSSR count). The molecule has 1 aromatic rings. The zero-order valence-corrected chi connectivity index (χ0v) is 16.9. The molecule has 150 valence electrons. The van der Waals surface area contributed by atoms with Gasteiger partial charge in [-0.25, -0.2) is 4.57 Å². The Kier molecular flexibility index (Phi) is 11.4. The highest BCUT2D eigenvalue weighted by Crippen LogP contribution is 2.43. The average Bonchev–Trinajstić information content (AvgIpc) is 2.59. The van der Waals surface area contributed by atoms with Gasteiger partial charge in [0.25, 0.3) is 0 Å². The number of benzene rings is 1. The van der Waals surface area contributed by atoms with Crippen LogP contribution in [0, 0.1) is 0 Å². The predicted octanol–water partition coefficient (Wildman–Crippen LogP) is 5.47. The van der Waals surface area contributed by atoms with Gasteiger partial charge in [-0.1, -0.05) is 64.7 Å². The van der Waals surface area contributed by atoms with Gasteiger partial charge in [-0.15, -0.1) is 0 Å². The minimum absolute atomic E-state index is 0.00730. The Morgan fingerprint density at radius 1 is 0.885 bits per heavy atom. The maximum atomic E-state index is 10.9. The number of unbranched alkanes of at least 4 members (excludes halogenated alkanes) is 9. The summed E-state index contributed by atoms with van der Waals surface area (Å²) in [5.74, 6) is 0.817. The fraction of sp³-hybridized carbons (Fsp3) is 0.684. The lowest BCUT2D eigenvalue weighted by molar-refractivity contribution is 0.274. The van der Waals surface area contributed by atoms with Gasteiger partial charge < -0.3 is 14.0 Å². The van der Waals surface area contributed by atoms with E-state index in [1.165, 1.54) is 64.5 Å². The second-order valence-corrected chi connectivity index (χ2v) is 7.59. The molecule has 0 radical (unpaired) electrons. The number of hydrogen-bond donors (Lipinski definition) is 2. The molecule has 0 atom stereocenters. The predicted molar refractivity (Wildman–Crippen MR) is 103 cm³/mol. The summed E-state index contributed by atoms with van der Waals surface area (Å²) in [7, 11) is -3.20. The summed E-state index contributed by atoms with van der Waals surface area (Å²) in [4.78, 5) is 17.8. The summed E-state index contributed by atoms with van der Waals surface area (Å²) in [6.45, 7) is 2.85. The van der Waals surface area contributed by atoms with Gasteiger partial charge in [0.1, 0.15) is 5.75 Å². The highest BCUT2D eigenvalue weighted by atomic mass is 31.2. The van der Waals surface area contributed by atoms with E-state index < -0.39 is 7.82 Å². The zero-order valence-electron chi connectivity index (χ0n) is 16.0. The quantitative estimate of drug-likeness (QED) is 0.306. The molecule has 26 heavy (non-hydrogen) atoms. The number of phosphoric ester groups is 1. The van der Waals surface area contributed by atoms with Gasteiger partial charge in [-0.3, -0.25) is 9.79 Å². The van der Waals surface area contributed by atoms with E-state index in [0.29, 0.717) is 12.4 Å². The van der Waals surface area contributed by atoms with Crippen LogP contribution in [0.1, 0.15) is 71.1 Å². The number of methoxy groups -OCH3 is 1. The summed E-state index contributed by atoms with van der Waals surface area (Å²) in [5, 5.41) is 0. The Morgan fingerprint density at radius 2 is 1.46 bits per heavy atom. The SMILES string of the molecule is CCCCCCCCCCCCOc1ccc(OP(=O)(O)O)c(OC)c1. The van der Waals surface area contributed by atoms with Crippen LogP contribution in [0.25, 0.3) is 0 Å². The van der Waals surface area contributed by atoms with Crippen molar-refractivity contribution in [1.82, 2.24) is 0 Å². The molecule has 0 saturated heterocycles. The molecule has 0 aliphatic rings. The molecule has 2 N–H and O–H groups in total. The lowest BCUT2D eigenvalue weighted by Gasteiger charge is -2.13. The third kappa shape index (κ3) is 10.7. The van der Waals surface area contributed by atoms with E-state index in [4.69, 9.17) is 19.3 Å². The van der Waals surface area contributed by atoms with Gasteiger partial charge in [-0.05, 0) is 18.6 Å². The maximum Gasteiger partial charge on any atom is 0.524 e. The molecule has 0 fully saturated rings. The van der Waals surface area contributed by atoms with Crippen LogP contribution in [-0.4, -0.2) is 23.5 Å². The van der Waals surface area contributed by atoms with Crippen molar-refractivity contribution in [1.29, 1.82) is 0 Å². The number of ether oxygens (including phenoxy) is 2. The van der Waals surface area contributed by atoms with E-state index in [1.807, 2.05) is 0 Å². The summed E-state index contributed by atoms with van der Waals surface area (Å²) in [6, 6.07) is 4.62. The lowest BCUT2D eigenvalue weighted by Crippen LogP contribution is -1.99. The van der Waals surface area contributed by atoms with Crippen molar-refractivity contribution in [2.45, 2.75) is 71.1 Å². The fourth-order valence-corrected chi connectivity index (χ4v) is 3.13. The largest absolute Gasteiger partial charge is 0.524 e. The van der Waals surface area contributed by atoms with Crippen LogP contribution >= 0.6 is 7.82 Å². The van der Waals surface area contributed by atoms with Crippen molar-refractivity contribution in [2.75, 3.05) is 13.7 Å². The number of rotatable bonds is 15. The molecule has 0 amide bonds. The minimum atomic E-state index is -4.61. The zero-order chi connectivity index (χ0) is 19.3. The van der Waals surface area contributed by atoms with Gasteiger partial charge in [0.05, 0.1) is 13.7 Å². The molecule has 0 bridgehead atoms. The average molecular weight is 388 g/mol. The molecule has 0 aromatic heterocycles. The van der Waals surface area contributed by atoms with Crippen molar-refractivity contribution in [3.8, 4) is 17.2 Å². The molecular formula is C19H33O6P. The first-order chi connectivity index (χ1) is 12.5. The van der Waals surface area contributed by atoms with E-state index in [1.54, 1.807) is 12.1 Å². The second-order valence-electron chi connectivity index (χ2n) is 6.42. The highest BCUT2D eigenvalue weighted by Gasteiger charge is 2.19.